The van der Waals surface area contributed by atoms with E-state index in [1.165, 1.54) is 0 Å². The quantitative estimate of drug-likeness (QED) is 0.829. The molecule has 0 aliphatic heterocycles. The summed E-state index contributed by atoms with van der Waals surface area (Å²) in [6, 6.07) is 5.17. The van der Waals surface area contributed by atoms with Gasteiger partial charge in [0.1, 0.15) is 11.9 Å². The molecule has 1 aromatic carbocycles. The van der Waals surface area contributed by atoms with Gasteiger partial charge in [0.15, 0.2) is 0 Å². The highest BCUT2D eigenvalue weighted by molar-refractivity contribution is 5.94. The SMILES string of the molecule is Cc1c(N)cccc1NC(=O)C(C)n1ccnc1C. The molecule has 5 heteroatoms. The topological polar surface area (TPSA) is 72.9 Å². The lowest BCUT2D eigenvalue weighted by Gasteiger charge is -2.16. The summed E-state index contributed by atoms with van der Waals surface area (Å²) in [6.07, 6.45) is 3.48. The Morgan fingerprint density at radius 2 is 2.16 bits per heavy atom. The zero-order valence-electron chi connectivity index (χ0n) is 11.3. The first-order valence-corrected chi connectivity index (χ1v) is 6.16. The normalized spacial score (nSPS) is 12.2. The van der Waals surface area contributed by atoms with Gasteiger partial charge in [0.2, 0.25) is 5.91 Å². The van der Waals surface area contributed by atoms with Crippen molar-refractivity contribution >= 4 is 17.3 Å². The van der Waals surface area contributed by atoms with Crippen LogP contribution in [0.25, 0.3) is 0 Å². The molecule has 1 amide bonds. The first-order valence-electron chi connectivity index (χ1n) is 6.16. The third-order valence-electron chi connectivity index (χ3n) is 3.29. The fourth-order valence-electron chi connectivity index (χ4n) is 1.95. The third-order valence-corrected chi connectivity index (χ3v) is 3.29. The third kappa shape index (κ3) is 2.59. The second kappa shape index (κ2) is 5.14. The number of rotatable bonds is 3. The van der Waals surface area contributed by atoms with Crippen LogP contribution in [-0.4, -0.2) is 15.5 Å². The summed E-state index contributed by atoms with van der Waals surface area (Å²) >= 11 is 0. The second-order valence-electron chi connectivity index (χ2n) is 4.57. The van der Waals surface area contributed by atoms with Crippen molar-refractivity contribution in [2.75, 3.05) is 11.1 Å². The monoisotopic (exact) mass is 258 g/mol. The molecule has 1 heterocycles. The number of hydrogen-bond donors (Lipinski definition) is 2. The van der Waals surface area contributed by atoms with Crippen molar-refractivity contribution in [3.8, 4) is 0 Å². The smallest absolute Gasteiger partial charge is 0.247 e. The molecule has 19 heavy (non-hydrogen) atoms. The van der Waals surface area contributed by atoms with E-state index in [2.05, 4.69) is 10.3 Å². The zero-order valence-corrected chi connectivity index (χ0v) is 11.3. The highest BCUT2D eigenvalue weighted by atomic mass is 16.2. The van der Waals surface area contributed by atoms with Gasteiger partial charge in [-0.1, -0.05) is 6.07 Å². The van der Waals surface area contributed by atoms with Gasteiger partial charge in [-0.25, -0.2) is 4.98 Å². The van der Waals surface area contributed by atoms with E-state index in [1.54, 1.807) is 12.4 Å². The van der Waals surface area contributed by atoms with Gasteiger partial charge in [-0.2, -0.15) is 0 Å². The average molecular weight is 258 g/mol. The second-order valence-corrected chi connectivity index (χ2v) is 4.57. The Hall–Kier alpha value is -2.30. The van der Waals surface area contributed by atoms with Gasteiger partial charge in [-0.15, -0.1) is 0 Å². The molecule has 100 valence electrons. The number of aromatic nitrogens is 2. The van der Waals surface area contributed by atoms with Gasteiger partial charge in [-0.3, -0.25) is 4.79 Å². The lowest BCUT2D eigenvalue weighted by Crippen LogP contribution is -2.24. The maximum absolute atomic E-state index is 12.2. The lowest BCUT2D eigenvalue weighted by atomic mass is 10.1. The molecule has 0 fully saturated rings. The highest BCUT2D eigenvalue weighted by Gasteiger charge is 2.17. The van der Waals surface area contributed by atoms with Crippen LogP contribution in [0.3, 0.4) is 0 Å². The van der Waals surface area contributed by atoms with E-state index in [1.807, 2.05) is 43.5 Å². The van der Waals surface area contributed by atoms with Crippen LogP contribution in [0.15, 0.2) is 30.6 Å². The molecule has 0 saturated carbocycles. The fourth-order valence-corrected chi connectivity index (χ4v) is 1.95. The molecule has 0 radical (unpaired) electrons. The standard InChI is InChI=1S/C14H18N4O/c1-9-12(15)5-4-6-13(9)17-14(19)10(2)18-8-7-16-11(18)3/h4-8,10H,15H2,1-3H3,(H,17,19). The molecule has 0 saturated heterocycles. The van der Waals surface area contributed by atoms with Crippen LogP contribution in [0.5, 0.6) is 0 Å². The van der Waals surface area contributed by atoms with Gasteiger partial charge in [0.25, 0.3) is 0 Å². The van der Waals surface area contributed by atoms with Crippen molar-refractivity contribution in [1.82, 2.24) is 9.55 Å². The molecule has 0 aliphatic carbocycles. The van der Waals surface area contributed by atoms with Gasteiger partial charge in [0.05, 0.1) is 0 Å². The van der Waals surface area contributed by atoms with Crippen molar-refractivity contribution in [3.63, 3.8) is 0 Å². The molecular weight excluding hydrogens is 240 g/mol. The molecule has 5 nitrogen and oxygen atoms in total. The summed E-state index contributed by atoms with van der Waals surface area (Å²) in [5, 5.41) is 2.90. The van der Waals surface area contributed by atoms with Crippen molar-refractivity contribution in [1.29, 1.82) is 0 Å². The summed E-state index contributed by atoms with van der Waals surface area (Å²) in [7, 11) is 0. The number of nitrogens with one attached hydrogen (secondary N) is 1. The van der Waals surface area contributed by atoms with Crippen molar-refractivity contribution in [2.24, 2.45) is 0 Å². The van der Waals surface area contributed by atoms with E-state index >= 15 is 0 Å². The average Bonchev–Trinajstić information content (AvgIpc) is 2.80. The van der Waals surface area contributed by atoms with E-state index in [-0.39, 0.29) is 11.9 Å². The van der Waals surface area contributed by atoms with E-state index in [0.29, 0.717) is 5.69 Å². The van der Waals surface area contributed by atoms with Crippen LogP contribution in [0.4, 0.5) is 11.4 Å². The molecular formula is C14H18N4O. The predicted octanol–water partition coefficient (Wildman–Crippen LogP) is 2.28. The number of imidazole rings is 1. The number of nitrogen functional groups attached to an aromatic ring is 1. The van der Waals surface area contributed by atoms with Crippen LogP contribution < -0.4 is 11.1 Å². The number of benzene rings is 1. The number of aryl methyl sites for hydroxylation is 1. The Labute approximate surface area is 112 Å². The number of anilines is 2. The number of nitrogens with zero attached hydrogens (tertiary/aromatic N) is 2. The molecule has 2 aromatic rings. The minimum absolute atomic E-state index is 0.0881. The first kappa shape index (κ1) is 13.1. The van der Waals surface area contributed by atoms with Crippen LogP contribution >= 0.6 is 0 Å². The van der Waals surface area contributed by atoms with E-state index in [4.69, 9.17) is 5.73 Å². The van der Waals surface area contributed by atoms with Crippen LogP contribution in [0, 0.1) is 13.8 Å². The summed E-state index contributed by atoms with van der Waals surface area (Å²) in [6.45, 7) is 5.60. The Balaban J connectivity index is 2.18. The highest BCUT2D eigenvalue weighted by Crippen LogP contribution is 2.21. The summed E-state index contributed by atoms with van der Waals surface area (Å²) in [5.41, 5.74) is 8.12. The van der Waals surface area contributed by atoms with Crippen molar-refractivity contribution < 1.29 is 4.79 Å². The van der Waals surface area contributed by atoms with E-state index < -0.39 is 0 Å². The van der Waals surface area contributed by atoms with Gasteiger partial charge < -0.3 is 15.6 Å². The fraction of sp³-hybridized carbons (Fsp3) is 0.286. The summed E-state index contributed by atoms with van der Waals surface area (Å²) < 4.78 is 1.83. The first-order chi connectivity index (χ1) is 9.00. The molecule has 0 bridgehead atoms. The molecule has 2 rings (SSSR count). The Kier molecular flexibility index (Phi) is 3.55. The minimum Gasteiger partial charge on any atom is -0.398 e. The number of carbonyl (C=O) groups excluding carboxylic acids is 1. The van der Waals surface area contributed by atoms with Gasteiger partial charge in [0, 0.05) is 23.8 Å². The van der Waals surface area contributed by atoms with Gasteiger partial charge >= 0.3 is 0 Å². The molecule has 0 aliphatic rings. The van der Waals surface area contributed by atoms with Gasteiger partial charge in [-0.05, 0) is 38.5 Å². The molecule has 1 atom stereocenters. The number of nitrogens with two attached hydrogens (primary N) is 1. The molecule has 0 spiro atoms. The number of hydrogen-bond acceptors (Lipinski definition) is 3. The van der Waals surface area contributed by atoms with Crippen molar-refractivity contribution in [2.45, 2.75) is 26.8 Å². The Morgan fingerprint density at radius 3 is 2.79 bits per heavy atom. The maximum atomic E-state index is 12.2. The largest absolute Gasteiger partial charge is 0.398 e. The van der Waals surface area contributed by atoms with Crippen molar-refractivity contribution in [3.05, 3.63) is 42.0 Å². The molecule has 1 aromatic heterocycles. The minimum atomic E-state index is -0.316. The van der Waals surface area contributed by atoms with Crippen LogP contribution in [0.2, 0.25) is 0 Å². The molecule has 3 N–H and O–H groups in total. The Morgan fingerprint density at radius 1 is 1.42 bits per heavy atom. The maximum Gasteiger partial charge on any atom is 0.247 e. The zero-order chi connectivity index (χ0) is 14.0. The summed E-state index contributed by atoms with van der Waals surface area (Å²) in [4.78, 5) is 16.3. The van der Waals surface area contributed by atoms with Crippen LogP contribution in [-0.2, 0) is 4.79 Å². The van der Waals surface area contributed by atoms with Crippen LogP contribution in [0.1, 0.15) is 24.4 Å². The summed E-state index contributed by atoms with van der Waals surface area (Å²) in [5.74, 6) is 0.724. The number of amides is 1. The molecule has 1 unspecified atom stereocenters. The number of carbonyl (C=O) groups is 1. The lowest BCUT2D eigenvalue weighted by molar-refractivity contribution is -0.118. The van der Waals surface area contributed by atoms with E-state index in [9.17, 15) is 4.79 Å². The van der Waals surface area contributed by atoms with E-state index in [0.717, 1.165) is 17.1 Å². The predicted molar refractivity (Wildman–Crippen MR) is 75.9 cm³/mol. The Bertz CT molecular complexity index is 603.